The van der Waals surface area contributed by atoms with E-state index in [0.717, 1.165) is 12.1 Å². The maximum Gasteiger partial charge on any atom is 0.243 e. The SMILES string of the molecule is CC(Cn1cccn1)NS(=O)(=O)c1cc(CO)ccc1F. The predicted octanol–water partition coefficient (Wildman–Crippen LogP) is 0.882. The van der Waals surface area contributed by atoms with Crippen LogP contribution >= 0.6 is 0 Å². The molecule has 0 aliphatic heterocycles. The standard InChI is InChI=1S/C13H16FN3O3S/c1-10(8-17-6-2-5-15-17)16-21(19,20)13-7-11(9-18)3-4-12(13)14/h2-7,10,16,18H,8-9H2,1H3. The molecular formula is C13H16FN3O3S. The van der Waals surface area contributed by atoms with Crippen molar-refractivity contribution in [2.75, 3.05) is 0 Å². The van der Waals surface area contributed by atoms with Gasteiger partial charge in [0.2, 0.25) is 10.0 Å². The maximum atomic E-state index is 13.7. The zero-order valence-electron chi connectivity index (χ0n) is 11.4. The smallest absolute Gasteiger partial charge is 0.243 e. The summed E-state index contributed by atoms with van der Waals surface area (Å²) in [6.45, 7) is 1.63. The normalized spacial score (nSPS) is 13.3. The number of aliphatic hydroxyl groups is 1. The van der Waals surface area contributed by atoms with Gasteiger partial charge in [0.25, 0.3) is 0 Å². The minimum Gasteiger partial charge on any atom is -0.392 e. The summed E-state index contributed by atoms with van der Waals surface area (Å²) in [5, 5.41) is 13.0. The lowest BCUT2D eigenvalue weighted by molar-refractivity contribution is 0.281. The molecule has 0 bridgehead atoms. The first-order valence-corrected chi connectivity index (χ1v) is 7.80. The Labute approximate surface area is 122 Å². The van der Waals surface area contributed by atoms with Crippen LogP contribution in [0.1, 0.15) is 12.5 Å². The lowest BCUT2D eigenvalue weighted by atomic mass is 10.2. The molecule has 0 aliphatic carbocycles. The lowest BCUT2D eigenvalue weighted by Gasteiger charge is -2.15. The summed E-state index contributed by atoms with van der Waals surface area (Å²) < 4.78 is 42.1. The molecule has 0 saturated heterocycles. The van der Waals surface area contributed by atoms with Gasteiger partial charge < -0.3 is 5.11 Å². The summed E-state index contributed by atoms with van der Waals surface area (Å²) >= 11 is 0. The molecule has 0 amide bonds. The second-order valence-corrected chi connectivity index (χ2v) is 6.36. The summed E-state index contributed by atoms with van der Waals surface area (Å²) in [6.07, 6.45) is 3.30. The first-order valence-electron chi connectivity index (χ1n) is 6.31. The van der Waals surface area contributed by atoms with Crippen molar-refractivity contribution >= 4 is 10.0 Å². The summed E-state index contributed by atoms with van der Waals surface area (Å²) in [5.74, 6) is -0.856. The number of benzene rings is 1. The quantitative estimate of drug-likeness (QED) is 0.829. The number of hydrogen-bond donors (Lipinski definition) is 2. The highest BCUT2D eigenvalue weighted by Crippen LogP contribution is 2.17. The van der Waals surface area contributed by atoms with Gasteiger partial charge in [-0.05, 0) is 30.7 Å². The highest BCUT2D eigenvalue weighted by Gasteiger charge is 2.22. The van der Waals surface area contributed by atoms with Gasteiger partial charge in [0.1, 0.15) is 10.7 Å². The van der Waals surface area contributed by atoms with Crippen LogP contribution in [0.5, 0.6) is 0 Å². The molecule has 0 radical (unpaired) electrons. The Morgan fingerprint density at radius 1 is 1.48 bits per heavy atom. The first-order chi connectivity index (χ1) is 9.92. The number of rotatable bonds is 6. The molecule has 1 aromatic heterocycles. The van der Waals surface area contributed by atoms with E-state index in [9.17, 15) is 12.8 Å². The number of nitrogens with zero attached hydrogens (tertiary/aromatic N) is 2. The Kier molecular flexibility index (Phi) is 4.71. The van der Waals surface area contributed by atoms with Crippen molar-refractivity contribution in [1.29, 1.82) is 0 Å². The van der Waals surface area contributed by atoms with Crippen LogP contribution in [0, 0.1) is 5.82 Å². The van der Waals surface area contributed by atoms with Gasteiger partial charge in [0.05, 0.1) is 13.2 Å². The van der Waals surface area contributed by atoms with Crippen LogP contribution in [0.3, 0.4) is 0 Å². The fourth-order valence-electron chi connectivity index (χ4n) is 1.91. The summed E-state index contributed by atoms with van der Waals surface area (Å²) in [6, 6.07) is 4.75. The molecule has 0 fully saturated rings. The number of nitrogens with one attached hydrogen (secondary N) is 1. The van der Waals surface area contributed by atoms with Crippen LogP contribution < -0.4 is 4.72 Å². The molecule has 0 saturated carbocycles. The van der Waals surface area contributed by atoms with E-state index in [2.05, 4.69) is 9.82 Å². The van der Waals surface area contributed by atoms with Gasteiger partial charge >= 0.3 is 0 Å². The highest BCUT2D eigenvalue weighted by molar-refractivity contribution is 7.89. The van der Waals surface area contributed by atoms with E-state index >= 15 is 0 Å². The summed E-state index contributed by atoms with van der Waals surface area (Å²) in [7, 11) is -4.00. The molecule has 2 rings (SSSR count). The Morgan fingerprint density at radius 2 is 2.24 bits per heavy atom. The molecule has 21 heavy (non-hydrogen) atoms. The van der Waals surface area contributed by atoms with E-state index in [1.807, 2.05) is 0 Å². The summed E-state index contributed by atoms with van der Waals surface area (Å²) in [4.78, 5) is -0.471. The fraction of sp³-hybridized carbons (Fsp3) is 0.308. The van der Waals surface area contributed by atoms with Gasteiger partial charge in [0.15, 0.2) is 0 Å². The molecule has 1 aromatic carbocycles. The molecule has 2 N–H and O–H groups in total. The van der Waals surface area contributed by atoms with Crippen molar-refractivity contribution < 1.29 is 17.9 Å². The lowest BCUT2D eigenvalue weighted by Crippen LogP contribution is -2.36. The molecular weight excluding hydrogens is 297 g/mol. The van der Waals surface area contributed by atoms with E-state index < -0.39 is 26.8 Å². The molecule has 6 nitrogen and oxygen atoms in total. The molecule has 1 unspecified atom stereocenters. The number of sulfonamides is 1. The molecule has 2 aromatic rings. The van der Waals surface area contributed by atoms with E-state index in [-0.39, 0.29) is 6.61 Å². The third-order valence-corrected chi connectivity index (χ3v) is 4.45. The molecule has 114 valence electrons. The maximum absolute atomic E-state index is 13.7. The van der Waals surface area contributed by atoms with Crippen molar-refractivity contribution in [2.45, 2.75) is 31.0 Å². The average molecular weight is 313 g/mol. The second-order valence-electron chi connectivity index (χ2n) is 4.67. The number of aliphatic hydroxyl groups excluding tert-OH is 1. The van der Waals surface area contributed by atoms with Crippen LogP contribution in [-0.2, 0) is 23.2 Å². The van der Waals surface area contributed by atoms with Gasteiger partial charge in [-0.1, -0.05) is 6.07 Å². The zero-order valence-corrected chi connectivity index (χ0v) is 12.2. The Hall–Kier alpha value is -1.77. The first kappa shape index (κ1) is 15.6. The topological polar surface area (TPSA) is 84.2 Å². The monoisotopic (exact) mass is 313 g/mol. The van der Waals surface area contributed by atoms with Crippen molar-refractivity contribution in [2.24, 2.45) is 0 Å². The van der Waals surface area contributed by atoms with E-state index in [1.165, 1.54) is 6.07 Å². The highest BCUT2D eigenvalue weighted by atomic mass is 32.2. The number of hydrogen-bond acceptors (Lipinski definition) is 4. The number of aromatic nitrogens is 2. The zero-order chi connectivity index (χ0) is 15.5. The summed E-state index contributed by atoms with van der Waals surface area (Å²) in [5.41, 5.74) is 0.330. The molecule has 0 aliphatic rings. The Morgan fingerprint density at radius 3 is 2.86 bits per heavy atom. The van der Waals surface area contributed by atoms with Crippen LogP contribution in [-0.4, -0.2) is 29.3 Å². The molecule has 8 heteroatoms. The van der Waals surface area contributed by atoms with Crippen molar-refractivity contribution in [1.82, 2.24) is 14.5 Å². The molecule has 0 spiro atoms. The van der Waals surface area contributed by atoms with Crippen LogP contribution in [0.4, 0.5) is 4.39 Å². The van der Waals surface area contributed by atoms with Crippen LogP contribution in [0.25, 0.3) is 0 Å². The Bertz CT molecular complexity index is 701. The van der Waals surface area contributed by atoms with Gasteiger partial charge in [-0.2, -0.15) is 5.10 Å². The average Bonchev–Trinajstić information content (AvgIpc) is 2.91. The minimum atomic E-state index is -4.00. The van der Waals surface area contributed by atoms with Gasteiger partial charge in [0, 0.05) is 18.4 Å². The van der Waals surface area contributed by atoms with Crippen LogP contribution in [0.2, 0.25) is 0 Å². The fourth-order valence-corrected chi connectivity index (χ4v) is 3.27. The van der Waals surface area contributed by atoms with E-state index in [4.69, 9.17) is 5.11 Å². The van der Waals surface area contributed by atoms with Gasteiger partial charge in [-0.3, -0.25) is 4.68 Å². The van der Waals surface area contributed by atoms with Crippen LogP contribution in [0.15, 0.2) is 41.6 Å². The minimum absolute atomic E-state index is 0.327. The molecule has 1 atom stereocenters. The molecule has 1 heterocycles. The van der Waals surface area contributed by atoms with Gasteiger partial charge in [-0.25, -0.2) is 17.5 Å². The van der Waals surface area contributed by atoms with Crippen molar-refractivity contribution in [3.63, 3.8) is 0 Å². The second kappa shape index (κ2) is 6.33. The van der Waals surface area contributed by atoms with Crippen molar-refractivity contribution in [3.05, 3.63) is 48.0 Å². The number of halogens is 1. The van der Waals surface area contributed by atoms with Gasteiger partial charge in [-0.15, -0.1) is 0 Å². The van der Waals surface area contributed by atoms with Crippen molar-refractivity contribution in [3.8, 4) is 0 Å². The third-order valence-electron chi connectivity index (χ3n) is 2.84. The predicted molar refractivity (Wildman–Crippen MR) is 74.3 cm³/mol. The van der Waals surface area contributed by atoms with E-state index in [1.54, 1.807) is 30.1 Å². The van der Waals surface area contributed by atoms with E-state index in [0.29, 0.717) is 12.1 Å². The Balaban J connectivity index is 2.18. The third kappa shape index (κ3) is 3.87. The largest absolute Gasteiger partial charge is 0.392 e.